The van der Waals surface area contributed by atoms with E-state index in [0.717, 1.165) is 53.5 Å². The molecule has 0 atom stereocenters. The van der Waals surface area contributed by atoms with E-state index in [9.17, 15) is 9.59 Å². The van der Waals surface area contributed by atoms with E-state index in [4.69, 9.17) is 4.42 Å². The standard InChI is InChI=1S/C23H23N3O3/c1-15-6-7-18-16(13-22(27)29-21(18)12-15)14-25-10-8-17(9-11-25)26-20-5-3-2-4-19(20)24-23(26)28/h2-7,12-13,17H,8-11,14H2,1H3,(H,24,28). The minimum atomic E-state index is -0.307. The lowest BCUT2D eigenvalue weighted by atomic mass is 10.0. The van der Waals surface area contributed by atoms with Gasteiger partial charge in [0.25, 0.3) is 0 Å². The van der Waals surface area contributed by atoms with E-state index < -0.39 is 0 Å². The van der Waals surface area contributed by atoms with Crippen molar-refractivity contribution in [2.24, 2.45) is 0 Å². The molecule has 0 spiro atoms. The first kappa shape index (κ1) is 17.9. The van der Waals surface area contributed by atoms with Gasteiger partial charge in [0, 0.05) is 37.1 Å². The summed E-state index contributed by atoms with van der Waals surface area (Å²) in [5, 5.41) is 0.991. The van der Waals surface area contributed by atoms with Crippen LogP contribution in [0.1, 0.15) is 30.0 Å². The third-order valence-corrected chi connectivity index (χ3v) is 5.93. The van der Waals surface area contributed by atoms with Gasteiger partial charge < -0.3 is 9.40 Å². The Hall–Kier alpha value is -3.12. The lowest BCUT2D eigenvalue weighted by molar-refractivity contribution is 0.180. The molecule has 1 saturated heterocycles. The van der Waals surface area contributed by atoms with E-state index >= 15 is 0 Å². The highest BCUT2D eigenvalue weighted by Crippen LogP contribution is 2.27. The molecule has 6 heteroatoms. The summed E-state index contributed by atoms with van der Waals surface area (Å²) in [6.07, 6.45) is 1.81. The molecule has 6 nitrogen and oxygen atoms in total. The minimum absolute atomic E-state index is 0.0355. The van der Waals surface area contributed by atoms with Crippen LogP contribution in [0, 0.1) is 6.92 Å². The maximum Gasteiger partial charge on any atom is 0.336 e. The molecule has 1 aliphatic heterocycles. The Balaban J connectivity index is 1.37. The zero-order valence-electron chi connectivity index (χ0n) is 16.4. The van der Waals surface area contributed by atoms with Gasteiger partial charge in [-0.2, -0.15) is 0 Å². The molecule has 5 rings (SSSR count). The van der Waals surface area contributed by atoms with Crippen molar-refractivity contribution < 1.29 is 4.42 Å². The molecule has 0 bridgehead atoms. The van der Waals surface area contributed by atoms with Crippen LogP contribution in [0.2, 0.25) is 0 Å². The summed E-state index contributed by atoms with van der Waals surface area (Å²) in [6.45, 7) is 4.46. The summed E-state index contributed by atoms with van der Waals surface area (Å²) in [5.74, 6) is 0. The Morgan fingerprint density at radius 2 is 1.86 bits per heavy atom. The van der Waals surface area contributed by atoms with Gasteiger partial charge in [-0.05, 0) is 49.1 Å². The van der Waals surface area contributed by atoms with E-state index in [1.165, 1.54) is 0 Å². The first-order valence-corrected chi connectivity index (χ1v) is 10.0. The van der Waals surface area contributed by atoms with Gasteiger partial charge in [-0.15, -0.1) is 0 Å². The Morgan fingerprint density at radius 1 is 1.07 bits per heavy atom. The quantitative estimate of drug-likeness (QED) is 0.544. The number of aromatic amines is 1. The maximum absolute atomic E-state index is 12.5. The molecule has 148 valence electrons. The van der Waals surface area contributed by atoms with Crippen LogP contribution in [0.25, 0.3) is 22.0 Å². The Kier molecular flexibility index (Phi) is 4.36. The Bertz CT molecular complexity index is 1310. The highest BCUT2D eigenvalue weighted by molar-refractivity contribution is 5.80. The summed E-state index contributed by atoms with van der Waals surface area (Å²) < 4.78 is 7.28. The molecule has 1 fully saturated rings. The van der Waals surface area contributed by atoms with Crippen LogP contribution in [0.5, 0.6) is 0 Å². The van der Waals surface area contributed by atoms with Gasteiger partial charge in [-0.25, -0.2) is 9.59 Å². The summed E-state index contributed by atoms with van der Waals surface area (Å²) in [5.41, 5.74) is 4.23. The van der Waals surface area contributed by atoms with Crippen molar-refractivity contribution in [2.75, 3.05) is 13.1 Å². The number of likely N-dealkylation sites (tertiary alicyclic amines) is 1. The van der Waals surface area contributed by atoms with Crippen molar-refractivity contribution in [1.82, 2.24) is 14.5 Å². The van der Waals surface area contributed by atoms with Crippen LogP contribution in [-0.4, -0.2) is 27.5 Å². The van der Waals surface area contributed by atoms with Crippen molar-refractivity contribution in [1.29, 1.82) is 0 Å². The zero-order chi connectivity index (χ0) is 20.0. The lowest BCUT2D eigenvalue weighted by Crippen LogP contribution is -2.36. The van der Waals surface area contributed by atoms with Crippen LogP contribution in [0.15, 0.2) is 62.5 Å². The largest absolute Gasteiger partial charge is 0.423 e. The van der Waals surface area contributed by atoms with E-state index in [2.05, 4.69) is 9.88 Å². The number of hydrogen-bond donors (Lipinski definition) is 1. The first-order chi connectivity index (χ1) is 14.1. The number of H-pyrrole nitrogens is 1. The molecular weight excluding hydrogens is 366 g/mol. The fourth-order valence-corrected chi connectivity index (χ4v) is 4.48. The summed E-state index contributed by atoms with van der Waals surface area (Å²) in [7, 11) is 0. The molecule has 0 radical (unpaired) electrons. The van der Waals surface area contributed by atoms with Crippen molar-refractivity contribution in [2.45, 2.75) is 32.4 Å². The van der Waals surface area contributed by atoms with Crippen molar-refractivity contribution in [3.05, 3.63) is 80.6 Å². The van der Waals surface area contributed by atoms with Crippen LogP contribution in [-0.2, 0) is 6.54 Å². The molecule has 1 N–H and O–H groups in total. The van der Waals surface area contributed by atoms with Gasteiger partial charge in [-0.1, -0.05) is 24.3 Å². The van der Waals surface area contributed by atoms with Gasteiger partial charge in [-0.3, -0.25) is 9.47 Å². The van der Waals surface area contributed by atoms with E-state index in [0.29, 0.717) is 12.1 Å². The molecule has 0 saturated carbocycles. The predicted octanol–water partition coefficient (Wildman–Crippen LogP) is 3.58. The van der Waals surface area contributed by atoms with Gasteiger partial charge in [0.05, 0.1) is 11.0 Å². The number of nitrogens with zero attached hydrogens (tertiary/aromatic N) is 2. The van der Waals surface area contributed by atoms with Gasteiger partial charge in [0.2, 0.25) is 0 Å². The molecule has 2 aromatic heterocycles. The zero-order valence-corrected chi connectivity index (χ0v) is 16.4. The molecule has 29 heavy (non-hydrogen) atoms. The van der Waals surface area contributed by atoms with Crippen molar-refractivity contribution in [3.8, 4) is 0 Å². The topological polar surface area (TPSA) is 71.2 Å². The third-order valence-electron chi connectivity index (χ3n) is 5.93. The number of hydrogen-bond acceptors (Lipinski definition) is 4. The normalized spacial score (nSPS) is 16.0. The number of aryl methyl sites for hydroxylation is 1. The van der Waals surface area contributed by atoms with E-state index in [1.807, 2.05) is 54.0 Å². The van der Waals surface area contributed by atoms with Crippen molar-refractivity contribution >= 4 is 22.0 Å². The maximum atomic E-state index is 12.5. The summed E-state index contributed by atoms with van der Waals surface area (Å²) >= 11 is 0. The number of benzene rings is 2. The van der Waals surface area contributed by atoms with Crippen LogP contribution < -0.4 is 11.3 Å². The molecule has 0 amide bonds. The highest BCUT2D eigenvalue weighted by Gasteiger charge is 2.24. The molecular formula is C23H23N3O3. The fourth-order valence-electron chi connectivity index (χ4n) is 4.48. The predicted molar refractivity (Wildman–Crippen MR) is 113 cm³/mol. The van der Waals surface area contributed by atoms with Gasteiger partial charge in [0.1, 0.15) is 5.58 Å². The average Bonchev–Trinajstić information content (AvgIpc) is 3.04. The smallest absolute Gasteiger partial charge is 0.336 e. The van der Waals surface area contributed by atoms with E-state index in [-0.39, 0.29) is 17.4 Å². The number of aromatic nitrogens is 2. The Morgan fingerprint density at radius 3 is 2.69 bits per heavy atom. The minimum Gasteiger partial charge on any atom is -0.423 e. The second-order valence-corrected chi connectivity index (χ2v) is 7.91. The van der Waals surface area contributed by atoms with Gasteiger partial charge >= 0.3 is 11.3 Å². The van der Waals surface area contributed by atoms with Crippen LogP contribution >= 0.6 is 0 Å². The number of nitrogens with one attached hydrogen (secondary N) is 1. The molecule has 0 aliphatic carbocycles. The third kappa shape index (κ3) is 3.29. The monoisotopic (exact) mass is 389 g/mol. The van der Waals surface area contributed by atoms with Crippen molar-refractivity contribution in [3.63, 3.8) is 0 Å². The lowest BCUT2D eigenvalue weighted by Gasteiger charge is -2.32. The molecule has 1 aliphatic rings. The van der Waals surface area contributed by atoms with Crippen LogP contribution in [0.3, 0.4) is 0 Å². The molecule has 0 unspecified atom stereocenters. The van der Waals surface area contributed by atoms with E-state index in [1.54, 1.807) is 6.07 Å². The number of imidazole rings is 1. The fraction of sp³-hybridized carbons (Fsp3) is 0.304. The first-order valence-electron chi connectivity index (χ1n) is 10.0. The second-order valence-electron chi connectivity index (χ2n) is 7.91. The summed E-state index contributed by atoms with van der Waals surface area (Å²) in [6, 6.07) is 15.6. The van der Waals surface area contributed by atoms with Crippen LogP contribution in [0.4, 0.5) is 0 Å². The number of fused-ring (bicyclic) bond motifs is 2. The molecule has 4 aromatic rings. The number of piperidine rings is 1. The second kappa shape index (κ2) is 7.04. The highest BCUT2D eigenvalue weighted by atomic mass is 16.4. The Labute approximate surface area is 167 Å². The SMILES string of the molecule is Cc1ccc2c(CN3CCC(n4c(=O)[nH]c5ccccc54)CC3)cc(=O)oc2c1. The number of para-hydroxylation sites is 2. The van der Waals surface area contributed by atoms with Gasteiger partial charge in [0.15, 0.2) is 0 Å². The summed E-state index contributed by atoms with van der Waals surface area (Å²) in [4.78, 5) is 29.8. The molecule has 2 aromatic carbocycles. The average molecular weight is 389 g/mol. The number of rotatable bonds is 3. The molecule has 3 heterocycles.